The summed E-state index contributed by atoms with van der Waals surface area (Å²) in [5.41, 5.74) is -1.02. The maximum atomic E-state index is 12.5. The minimum absolute atomic E-state index is 0.0219. The Hall–Kier alpha value is -2.22. The van der Waals surface area contributed by atoms with E-state index in [4.69, 9.17) is 0 Å². The number of aryl methyl sites for hydroxylation is 1. The van der Waals surface area contributed by atoms with Crippen LogP contribution in [-0.2, 0) is 16.0 Å². The van der Waals surface area contributed by atoms with Crippen LogP contribution in [0.1, 0.15) is 45.2 Å². The minimum atomic E-state index is -1.31. The van der Waals surface area contributed by atoms with Crippen molar-refractivity contribution in [3.05, 3.63) is 28.2 Å². The number of nitrogens with zero attached hydrogens (tertiary/aromatic N) is 2. The highest BCUT2D eigenvalue weighted by molar-refractivity contribution is 5.80. The normalized spacial score (nSPS) is 23.2. The van der Waals surface area contributed by atoms with Gasteiger partial charge in [0.25, 0.3) is 5.56 Å². The zero-order valence-corrected chi connectivity index (χ0v) is 15.3. The predicted octanol–water partition coefficient (Wildman–Crippen LogP) is 0.803. The fraction of sp³-hybridized carbons (Fsp3) is 0.667. The molecule has 1 aliphatic rings. The van der Waals surface area contributed by atoms with Crippen molar-refractivity contribution in [1.29, 1.82) is 0 Å². The molecule has 0 spiro atoms. The Balaban J connectivity index is 2.04. The standard InChI is InChI=1S/C18H27N3O5/c1-12(2)7-9-18(17(25)26)11-21(10-8-14(18)22)16(24)6-4-13-3-5-15(23)20-19-13/h3,5,12,14,22H,4,6-11H2,1-2H3,(H,20,23)(H,25,26)/t14-,18-/m1/s1. The first-order chi connectivity index (χ1) is 12.2. The van der Waals surface area contributed by atoms with Gasteiger partial charge in [-0.25, -0.2) is 5.10 Å². The molecule has 1 aromatic heterocycles. The van der Waals surface area contributed by atoms with Crippen LogP contribution >= 0.6 is 0 Å². The van der Waals surface area contributed by atoms with Crippen molar-refractivity contribution in [1.82, 2.24) is 15.1 Å². The summed E-state index contributed by atoms with van der Waals surface area (Å²) in [6, 6.07) is 2.92. The molecule has 26 heavy (non-hydrogen) atoms. The number of aliphatic hydroxyl groups excluding tert-OH is 1. The van der Waals surface area contributed by atoms with E-state index in [1.54, 1.807) is 6.07 Å². The van der Waals surface area contributed by atoms with Gasteiger partial charge in [-0.05, 0) is 31.2 Å². The van der Waals surface area contributed by atoms with Crippen LogP contribution in [0.3, 0.4) is 0 Å². The quantitative estimate of drug-likeness (QED) is 0.657. The molecule has 0 radical (unpaired) electrons. The van der Waals surface area contributed by atoms with Crippen LogP contribution in [0.2, 0.25) is 0 Å². The Kier molecular flexibility index (Phi) is 6.52. The van der Waals surface area contributed by atoms with Crippen molar-refractivity contribution in [2.75, 3.05) is 13.1 Å². The van der Waals surface area contributed by atoms with Crippen molar-refractivity contribution >= 4 is 11.9 Å². The van der Waals surface area contributed by atoms with E-state index in [0.29, 0.717) is 37.4 Å². The largest absolute Gasteiger partial charge is 0.481 e. The molecular weight excluding hydrogens is 338 g/mol. The Morgan fingerprint density at radius 1 is 1.42 bits per heavy atom. The summed E-state index contributed by atoms with van der Waals surface area (Å²) in [5, 5.41) is 26.3. The third-order valence-electron chi connectivity index (χ3n) is 5.06. The van der Waals surface area contributed by atoms with Gasteiger partial charge in [0.2, 0.25) is 5.91 Å². The average molecular weight is 365 g/mol. The lowest BCUT2D eigenvalue weighted by Crippen LogP contribution is -2.57. The van der Waals surface area contributed by atoms with Crippen LogP contribution in [0.25, 0.3) is 0 Å². The number of H-pyrrole nitrogens is 1. The molecule has 8 nitrogen and oxygen atoms in total. The van der Waals surface area contributed by atoms with Crippen molar-refractivity contribution in [3.8, 4) is 0 Å². The summed E-state index contributed by atoms with van der Waals surface area (Å²) in [6.07, 6.45) is 0.853. The molecule has 2 rings (SSSR count). The lowest BCUT2D eigenvalue weighted by Gasteiger charge is -2.43. The van der Waals surface area contributed by atoms with Gasteiger partial charge in [0.15, 0.2) is 0 Å². The maximum Gasteiger partial charge on any atom is 0.314 e. The van der Waals surface area contributed by atoms with Crippen molar-refractivity contribution < 1.29 is 19.8 Å². The Morgan fingerprint density at radius 3 is 2.73 bits per heavy atom. The number of carboxylic acid groups (broad SMARTS) is 1. The molecule has 1 saturated heterocycles. The average Bonchev–Trinajstić information content (AvgIpc) is 2.60. The second kappa shape index (κ2) is 8.44. The second-order valence-electron chi connectivity index (χ2n) is 7.43. The monoisotopic (exact) mass is 365 g/mol. The van der Waals surface area contributed by atoms with Crippen LogP contribution in [0.4, 0.5) is 0 Å². The van der Waals surface area contributed by atoms with Gasteiger partial charge < -0.3 is 15.1 Å². The maximum absolute atomic E-state index is 12.5. The summed E-state index contributed by atoms with van der Waals surface area (Å²) >= 11 is 0. The van der Waals surface area contributed by atoms with E-state index in [1.807, 2.05) is 13.8 Å². The van der Waals surface area contributed by atoms with E-state index < -0.39 is 17.5 Å². The molecule has 1 fully saturated rings. The van der Waals surface area contributed by atoms with Gasteiger partial charge in [0.05, 0.1) is 11.8 Å². The second-order valence-corrected chi connectivity index (χ2v) is 7.43. The summed E-state index contributed by atoms with van der Waals surface area (Å²) in [6.45, 7) is 4.37. The van der Waals surface area contributed by atoms with Gasteiger partial charge in [-0.2, -0.15) is 5.10 Å². The van der Waals surface area contributed by atoms with Crippen LogP contribution in [-0.4, -0.2) is 56.4 Å². The lowest BCUT2D eigenvalue weighted by atomic mass is 9.72. The van der Waals surface area contributed by atoms with Crippen LogP contribution in [0.5, 0.6) is 0 Å². The van der Waals surface area contributed by atoms with E-state index in [0.717, 1.165) is 0 Å². The minimum Gasteiger partial charge on any atom is -0.481 e. The summed E-state index contributed by atoms with van der Waals surface area (Å²) < 4.78 is 0. The molecule has 2 heterocycles. The Morgan fingerprint density at radius 2 is 2.15 bits per heavy atom. The first-order valence-electron chi connectivity index (χ1n) is 8.98. The first kappa shape index (κ1) is 20.1. The first-order valence-corrected chi connectivity index (χ1v) is 8.98. The molecule has 2 atom stereocenters. The number of carbonyl (C=O) groups is 2. The number of carboxylic acids is 1. The predicted molar refractivity (Wildman–Crippen MR) is 94.5 cm³/mol. The number of piperidine rings is 1. The van der Waals surface area contributed by atoms with Crippen LogP contribution in [0, 0.1) is 11.3 Å². The van der Waals surface area contributed by atoms with Gasteiger partial charge in [-0.15, -0.1) is 0 Å². The molecule has 0 unspecified atom stereocenters. The molecule has 0 aromatic carbocycles. The zero-order valence-electron chi connectivity index (χ0n) is 15.3. The number of likely N-dealkylation sites (tertiary alicyclic amines) is 1. The molecule has 144 valence electrons. The van der Waals surface area contributed by atoms with E-state index in [2.05, 4.69) is 10.2 Å². The van der Waals surface area contributed by atoms with Gasteiger partial charge in [-0.3, -0.25) is 14.4 Å². The number of rotatable bonds is 7. The molecule has 0 saturated carbocycles. The number of amides is 1. The molecule has 0 bridgehead atoms. The van der Waals surface area contributed by atoms with Crippen molar-refractivity contribution in [2.24, 2.45) is 11.3 Å². The van der Waals surface area contributed by atoms with Crippen molar-refractivity contribution in [2.45, 2.75) is 52.1 Å². The fourth-order valence-corrected chi connectivity index (χ4v) is 3.31. The molecule has 1 amide bonds. The smallest absolute Gasteiger partial charge is 0.314 e. The SMILES string of the molecule is CC(C)CC[C@@]1(C(=O)O)CN(C(=O)CCc2ccc(=O)[nH]n2)CC[C@H]1O. The van der Waals surface area contributed by atoms with Gasteiger partial charge in [0.1, 0.15) is 5.41 Å². The third kappa shape index (κ3) is 4.69. The third-order valence-corrected chi connectivity index (χ3v) is 5.06. The molecule has 1 aromatic rings. The van der Waals surface area contributed by atoms with E-state index in [-0.39, 0.29) is 30.9 Å². The van der Waals surface area contributed by atoms with E-state index in [1.165, 1.54) is 11.0 Å². The summed E-state index contributed by atoms with van der Waals surface area (Å²) in [4.78, 5) is 37.0. The zero-order chi connectivity index (χ0) is 19.3. The number of carbonyl (C=O) groups excluding carboxylic acids is 1. The van der Waals surface area contributed by atoms with Gasteiger partial charge in [0, 0.05) is 32.0 Å². The topological polar surface area (TPSA) is 124 Å². The molecule has 8 heteroatoms. The number of aromatic amines is 1. The number of aliphatic carboxylic acids is 1. The highest BCUT2D eigenvalue weighted by atomic mass is 16.4. The number of hydrogen-bond donors (Lipinski definition) is 3. The molecule has 3 N–H and O–H groups in total. The van der Waals surface area contributed by atoms with E-state index >= 15 is 0 Å². The highest BCUT2D eigenvalue weighted by Gasteiger charge is 2.49. The highest BCUT2D eigenvalue weighted by Crippen LogP contribution is 2.37. The molecule has 1 aliphatic heterocycles. The Bertz CT molecular complexity index is 682. The number of aliphatic hydroxyl groups is 1. The number of hydrogen-bond acceptors (Lipinski definition) is 5. The van der Waals surface area contributed by atoms with Gasteiger partial charge in [-0.1, -0.05) is 13.8 Å². The molecule has 0 aliphatic carbocycles. The number of nitrogens with one attached hydrogen (secondary N) is 1. The van der Waals surface area contributed by atoms with E-state index in [9.17, 15) is 24.6 Å². The lowest BCUT2D eigenvalue weighted by molar-refractivity contribution is -0.167. The van der Waals surface area contributed by atoms with Crippen molar-refractivity contribution in [3.63, 3.8) is 0 Å². The van der Waals surface area contributed by atoms with Crippen LogP contribution < -0.4 is 5.56 Å². The Labute approximate surface area is 152 Å². The van der Waals surface area contributed by atoms with Gasteiger partial charge >= 0.3 is 5.97 Å². The summed E-state index contributed by atoms with van der Waals surface area (Å²) in [7, 11) is 0. The van der Waals surface area contributed by atoms with Crippen LogP contribution in [0.15, 0.2) is 16.9 Å². The fourth-order valence-electron chi connectivity index (χ4n) is 3.31. The molecular formula is C18H27N3O5. The summed E-state index contributed by atoms with van der Waals surface area (Å²) in [5.74, 6) is -0.902. The number of aromatic nitrogens is 2.